The van der Waals surface area contributed by atoms with E-state index in [0.717, 1.165) is 5.56 Å². The van der Waals surface area contributed by atoms with Crippen molar-refractivity contribution in [2.24, 2.45) is 5.92 Å². The summed E-state index contributed by atoms with van der Waals surface area (Å²) >= 11 is 0. The normalized spacial score (nSPS) is 14.6. The molecule has 6 heteroatoms. The highest BCUT2D eigenvalue weighted by Crippen LogP contribution is 2.22. The second kappa shape index (κ2) is 9.68. The van der Waals surface area contributed by atoms with Gasteiger partial charge >= 0.3 is 5.97 Å². The van der Waals surface area contributed by atoms with E-state index < -0.39 is 5.97 Å². The molecule has 0 unspecified atom stereocenters. The largest absolute Gasteiger partial charge is 0.465 e. The van der Waals surface area contributed by atoms with E-state index in [0.29, 0.717) is 37.2 Å². The highest BCUT2D eigenvalue weighted by atomic mass is 16.5. The molecule has 0 bridgehead atoms. The quantitative estimate of drug-likeness (QED) is 0.625. The van der Waals surface area contributed by atoms with Crippen LogP contribution in [0.5, 0.6) is 0 Å². The molecule has 0 atom stereocenters. The van der Waals surface area contributed by atoms with Gasteiger partial charge in [-0.25, -0.2) is 4.79 Å². The fraction of sp³-hybridized carbons (Fsp3) is 0.261. The highest BCUT2D eigenvalue weighted by Gasteiger charge is 2.27. The predicted molar refractivity (Wildman–Crippen MR) is 111 cm³/mol. The number of benzene rings is 2. The molecule has 1 aliphatic heterocycles. The summed E-state index contributed by atoms with van der Waals surface area (Å²) in [5.74, 6) is -0.897. The Balaban J connectivity index is 1.54. The molecule has 6 nitrogen and oxygen atoms in total. The Morgan fingerprint density at radius 3 is 2.34 bits per heavy atom. The molecule has 0 aromatic heterocycles. The summed E-state index contributed by atoms with van der Waals surface area (Å²) in [5.41, 5.74) is 1.73. The Morgan fingerprint density at radius 2 is 1.66 bits per heavy atom. The lowest BCUT2D eigenvalue weighted by Crippen LogP contribution is -2.40. The zero-order valence-corrected chi connectivity index (χ0v) is 16.3. The van der Waals surface area contributed by atoms with Gasteiger partial charge in [-0.2, -0.15) is 0 Å². The number of nitrogens with one attached hydrogen (secondary N) is 1. The molecule has 1 aliphatic rings. The molecule has 0 spiro atoms. The van der Waals surface area contributed by atoms with Gasteiger partial charge in [-0.1, -0.05) is 42.5 Å². The van der Waals surface area contributed by atoms with Crippen molar-refractivity contribution in [3.05, 3.63) is 71.8 Å². The minimum Gasteiger partial charge on any atom is -0.465 e. The second-order valence-electron chi connectivity index (χ2n) is 6.87. The minimum atomic E-state index is -0.494. The van der Waals surface area contributed by atoms with Crippen LogP contribution in [-0.2, 0) is 14.3 Å². The third-order valence-corrected chi connectivity index (χ3v) is 4.99. The Bertz CT molecular complexity index is 900. The summed E-state index contributed by atoms with van der Waals surface area (Å²) in [7, 11) is 1.31. The van der Waals surface area contributed by atoms with Crippen LogP contribution in [-0.4, -0.2) is 42.9 Å². The summed E-state index contributed by atoms with van der Waals surface area (Å²) in [6.07, 6.45) is 4.53. The van der Waals surface area contributed by atoms with Crippen LogP contribution < -0.4 is 5.32 Å². The number of likely N-dealkylation sites (tertiary alicyclic amines) is 1. The summed E-state index contributed by atoms with van der Waals surface area (Å²) in [6, 6.07) is 16.4. The predicted octanol–water partition coefficient (Wildman–Crippen LogP) is 3.36. The number of amides is 2. The Kier molecular flexibility index (Phi) is 6.79. The number of hydrogen-bond donors (Lipinski definition) is 1. The Morgan fingerprint density at radius 1 is 1.00 bits per heavy atom. The molecule has 2 aromatic carbocycles. The molecule has 29 heavy (non-hydrogen) atoms. The molecular weight excluding hydrogens is 368 g/mol. The molecule has 1 heterocycles. The van der Waals surface area contributed by atoms with E-state index >= 15 is 0 Å². The first kappa shape index (κ1) is 20.3. The fourth-order valence-corrected chi connectivity index (χ4v) is 3.31. The molecule has 3 rings (SSSR count). The molecule has 1 N–H and O–H groups in total. The third-order valence-electron chi connectivity index (χ3n) is 4.99. The monoisotopic (exact) mass is 392 g/mol. The van der Waals surface area contributed by atoms with E-state index in [1.807, 2.05) is 30.3 Å². The Labute approximate surface area is 170 Å². The number of rotatable bonds is 5. The first-order valence-electron chi connectivity index (χ1n) is 9.58. The number of piperidine rings is 1. The van der Waals surface area contributed by atoms with Gasteiger partial charge in [-0.15, -0.1) is 0 Å². The number of carbonyl (C=O) groups excluding carboxylic acids is 3. The van der Waals surface area contributed by atoms with Crippen LogP contribution in [0.2, 0.25) is 0 Å². The van der Waals surface area contributed by atoms with E-state index in [2.05, 4.69) is 5.32 Å². The van der Waals surface area contributed by atoms with Crippen LogP contribution in [0.4, 0.5) is 5.69 Å². The van der Waals surface area contributed by atoms with E-state index in [-0.39, 0.29) is 17.7 Å². The van der Waals surface area contributed by atoms with Crippen molar-refractivity contribution >= 4 is 29.5 Å². The average molecular weight is 392 g/mol. The van der Waals surface area contributed by atoms with Crippen molar-refractivity contribution in [2.75, 3.05) is 25.5 Å². The van der Waals surface area contributed by atoms with Crippen molar-refractivity contribution in [1.82, 2.24) is 4.90 Å². The van der Waals surface area contributed by atoms with Gasteiger partial charge in [0.15, 0.2) is 0 Å². The van der Waals surface area contributed by atoms with Crippen molar-refractivity contribution < 1.29 is 19.1 Å². The Hall–Kier alpha value is -3.41. The number of ether oxygens (including phenoxy) is 1. The number of nitrogens with zero attached hydrogens (tertiary/aromatic N) is 1. The molecule has 0 aliphatic carbocycles. The van der Waals surface area contributed by atoms with Crippen molar-refractivity contribution in [3.8, 4) is 0 Å². The van der Waals surface area contributed by atoms with E-state index in [9.17, 15) is 14.4 Å². The van der Waals surface area contributed by atoms with Crippen molar-refractivity contribution in [2.45, 2.75) is 12.8 Å². The van der Waals surface area contributed by atoms with E-state index in [1.54, 1.807) is 41.3 Å². The first-order valence-corrected chi connectivity index (χ1v) is 9.58. The number of hydrogen-bond acceptors (Lipinski definition) is 4. The van der Waals surface area contributed by atoms with Gasteiger partial charge in [0.25, 0.3) is 0 Å². The molecule has 1 saturated heterocycles. The number of para-hydroxylation sites is 1. The SMILES string of the molecule is COC(=O)c1ccccc1NC(=O)C1CCN(C(=O)/C=C/c2ccccc2)CC1. The maximum atomic E-state index is 12.6. The van der Waals surface area contributed by atoms with Crippen LogP contribution in [0.1, 0.15) is 28.8 Å². The molecular formula is C23H24N2O4. The van der Waals surface area contributed by atoms with Gasteiger partial charge in [0.2, 0.25) is 11.8 Å². The van der Waals surface area contributed by atoms with Gasteiger partial charge < -0.3 is 15.0 Å². The molecule has 1 fully saturated rings. The minimum absolute atomic E-state index is 0.0521. The summed E-state index contributed by atoms with van der Waals surface area (Å²) in [4.78, 5) is 38.6. The maximum Gasteiger partial charge on any atom is 0.339 e. The van der Waals surface area contributed by atoms with Crippen LogP contribution in [0, 0.1) is 5.92 Å². The van der Waals surface area contributed by atoms with Gasteiger partial charge in [-0.05, 0) is 36.6 Å². The zero-order chi connectivity index (χ0) is 20.6. The van der Waals surface area contributed by atoms with E-state index in [1.165, 1.54) is 7.11 Å². The van der Waals surface area contributed by atoms with Crippen LogP contribution in [0.25, 0.3) is 6.08 Å². The second-order valence-corrected chi connectivity index (χ2v) is 6.87. The van der Waals surface area contributed by atoms with Gasteiger partial charge in [0.05, 0.1) is 18.4 Å². The summed E-state index contributed by atoms with van der Waals surface area (Å²) < 4.78 is 4.76. The van der Waals surface area contributed by atoms with Gasteiger partial charge in [0, 0.05) is 25.1 Å². The maximum absolute atomic E-state index is 12.6. The molecule has 2 aromatic rings. The highest BCUT2D eigenvalue weighted by molar-refractivity contribution is 6.02. The van der Waals surface area contributed by atoms with Crippen molar-refractivity contribution in [1.29, 1.82) is 0 Å². The van der Waals surface area contributed by atoms with Crippen molar-refractivity contribution in [3.63, 3.8) is 0 Å². The van der Waals surface area contributed by atoms with E-state index in [4.69, 9.17) is 4.74 Å². The summed E-state index contributed by atoms with van der Waals surface area (Å²) in [5, 5.41) is 2.83. The fourth-order valence-electron chi connectivity index (χ4n) is 3.31. The van der Waals surface area contributed by atoms with Crippen LogP contribution in [0.3, 0.4) is 0 Å². The smallest absolute Gasteiger partial charge is 0.339 e. The van der Waals surface area contributed by atoms with Crippen LogP contribution in [0.15, 0.2) is 60.7 Å². The number of methoxy groups -OCH3 is 1. The number of esters is 1. The standard InChI is InChI=1S/C23H24N2O4/c1-29-23(28)19-9-5-6-10-20(19)24-22(27)18-13-15-25(16-14-18)21(26)12-11-17-7-3-2-4-8-17/h2-12,18H,13-16H2,1H3,(H,24,27)/b12-11+. The lowest BCUT2D eigenvalue weighted by atomic mass is 9.95. The lowest BCUT2D eigenvalue weighted by molar-refractivity contribution is -0.130. The number of anilines is 1. The molecule has 0 saturated carbocycles. The van der Waals surface area contributed by atoms with Crippen LogP contribution >= 0.6 is 0 Å². The number of carbonyl (C=O) groups is 3. The van der Waals surface area contributed by atoms with Gasteiger partial charge in [0.1, 0.15) is 0 Å². The molecule has 2 amide bonds. The topological polar surface area (TPSA) is 75.7 Å². The average Bonchev–Trinajstić information content (AvgIpc) is 2.78. The first-order chi connectivity index (χ1) is 14.1. The third kappa shape index (κ3) is 5.31. The summed E-state index contributed by atoms with van der Waals surface area (Å²) in [6.45, 7) is 1.05. The zero-order valence-electron chi connectivity index (χ0n) is 16.3. The molecule has 0 radical (unpaired) electrons. The van der Waals surface area contributed by atoms with Gasteiger partial charge in [-0.3, -0.25) is 9.59 Å². The lowest BCUT2D eigenvalue weighted by Gasteiger charge is -2.30. The molecule has 150 valence electrons.